The van der Waals surface area contributed by atoms with Crippen LogP contribution in [0.4, 0.5) is 5.69 Å². The van der Waals surface area contributed by atoms with E-state index in [1.54, 1.807) is 13.8 Å². The molecular formula is C12H18N2O5S. The molecule has 0 bridgehead atoms. The van der Waals surface area contributed by atoms with Crippen LogP contribution in [-0.4, -0.2) is 41.9 Å². The van der Waals surface area contributed by atoms with Crippen LogP contribution in [0.3, 0.4) is 0 Å². The molecule has 1 N–H and O–H groups in total. The fourth-order valence-corrected chi connectivity index (χ4v) is 3.75. The van der Waals surface area contributed by atoms with Crippen molar-refractivity contribution >= 4 is 15.7 Å². The molecule has 0 saturated heterocycles. The van der Waals surface area contributed by atoms with Crippen LogP contribution in [0.25, 0.3) is 0 Å². The second-order valence-corrected chi connectivity index (χ2v) is 6.50. The predicted molar refractivity (Wildman–Crippen MR) is 73.9 cm³/mol. The van der Waals surface area contributed by atoms with Crippen LogP contribution in [0.5, 0.6) is 0 Å². The molecule has 112 valence electrons. The number of non-ortho nitro benzene ring substituents is 1. The van der Waals surface area contributed by atoms with E-state index in [1.165, 1.54) is 23.4 Å². The molecule has 0 unspecified atom stereocenters. The Labute approximate surface area is 118 Å². The first-order valence-corrected chi connectivity index (χ1v) is 7.53. The van der Waals surface area contributed by atoms with Crippen molar-refractivity contribution in [1.29, 1.82) is 0 Å². The SMILES string of the molecule is Cc1cc([N+](=O)[O-])ccc1S(=O)(=O)N(CCO)C(C)C. The number of nitro benzene ring substituents is 1. The molecule has 0 heterocycles. The zero-order chi connectivity index (χ0) is 15.5. The molecule has 0 fully saturated rings. The third-order valence-corrected chi connectivity index (χ3v) is 5.09. The van der Waals surface area contributed by atoms with Gasteiger partial charge in [-0.1, -0.05) is 0 Å². The highest BCUT2D eigenvalue weighted by Crippen LogP contribution is 2.25. The number of nitro groups is 1. The Hall–Kier alpha value is -1.51. The van der Waals surface area contributed by atoms with Gasteiger partial charge in [-0.2, -0.15) is 4.31 Å². The fraction of sp³-hybridized carbons (Fsp3) is 0.500. The van der Waals surface area contributed by atoms with Crippen LogP contribution < -0.4 is 0 Å². The predicted octanol–water partition coefficient (Wildman–Crippen LogP) is 1.29. The lowest BCUT2D eigenvalue weighted by Crippen LogP contribution is -2.39. The standard InChI is InChI=1S/C12H18N2O5S/c1-9(2)13(6-7-15)20(18,19)12-5-4-11(14(16)17)8-10(12)3/h4-5,8-9,15H,6-7H2,1-3H3. The van der Waals surface area contributed by atoms with Gasteiger partial charge in [0.05, 0.1) is 16.4 Å². The summed E-state index contributed by atoms with van der Waals surface area (Å²) in [4.78, 5) is 10.1. The Morgan fingerprint density at radius 2 is 2.00 bits per heavy atom. The van der Waals surface area contributed by atoms with Gasteiger partial charge in [-0.3, -0.25) is 10.1 Å². The van der Waals surface area contributed by atoms with E-state index in [9.17, 15) is 18.5 Å². The van der Waals surface area contributed by atoms with Crippen LogP contribution in [0.1, 0.15) is 19.4 Å². The molecule has 1 aromatic carbocycles. The molecule has 0 spiro atoms. The highest BCUT2D eigenvalue weighted by molar-refractivity contribution is 7.89. The Balaban J connectivity index is 3.31. The van der Waals surface area contributed by atoms with Crippen molar-refractivity contribution in [2.45, 2.75) is 31.7 Å². The number of hydrogen-bond acceptors (Lipinski definition) is 5. The van der Waals surface area contributed by atoms with Crippen molar-refractivity contribution in [1.82, 2.24) is 4.31 Å². The molecular weight excluding hydrogens is 284 g/mol. The second-order valence-electron chi connectivity index (χ2n) is 4.64. The fourth-order valence-electron chi connectivity index (χ4n) is 1.92. The largest absolute Gasteiger partial charge is 0.395 e. The molecule has 7 nitrogen and oxygen atoms in total. The van der Waals surface area contributed by atoms with E-state index in [-0.39, 0.29) is 29.8 Å². The van der Waals surface area contributed by atoms with E-state index in [0.29, 0.717) is 5.56 Å². The van der Waals surface area contributed by atoms with Crippen molar-refractivity contribution in [2.24, 2.45) is 0 Å². The van der Waals surface area contributed by atoms with Gasteiger partial charge in [-0.05, 0) is 32.4 Å². The quantitative estimate of drug-likeness (QED) is 0.630. The molecule has 1 aromatic rings. The zero-order valence-electron chi connectivity index (χ0n) is 11.6. The minimum Gasteiger partial charge on any atom is -0.395 e. The van der Waals surface area contributed by atoms with Crippen molar-refractivity contribution in [3.8, 4) is 0 Å². The molecule has 1 rings (SSSR count). The first-order valence-electron chi connectivity index (χ1n) is 6.09. The summed E-state index contributed by atoms with van der Waals surface area (Å²) in [7, 11) is -3.78. The minimum atomic E-state index is -3.78. The third-order valence-electron chi connectivity index (χ3n) is 2.85. The minimum absolute atomic E-state index is 0.0174. The van der Waals surface area contributed by atoms with Crippen molar-refractivity contribution in [3.63, 3.8) is 0 Å². The lowest BCUT2D eigenvalue weighted by molar-refractivity contribution is -0.385. The van der Waals surface area contributed by atoms with Crippen LogP contribution in [0.15, 0.2) is 23.1 Å². The van der Waals surface area contributed by atoms with Gasteiger partial charge in [0.2, 0.25) is 10.0 Å². The monoisotopic (exact) mass is 302 g/mol. The number of benzene rings is 1. The summed E-state index contributed by atoms with van der Waals surface area (Å²) in [6.07, 6.45) is 0. The maximum Gasteiger partial charge on any atom is 0.269 e. The average Bonchev–Trinajstić information content (AvgIpc) is 2.34. The van der Waals surface area contributed by atoms with E-state index in [2.05, 4.69) is 0 Å². The van der Waals surface area contributed by atoms with Crippen molar-refractivity contribution < 1.29 is 18.4 Å². The van der Waals surface area contributed by atoms with Gasteiger partial charge in [0.25, 0.3) is 5.69 Å². The molecule has 0 amide bonds. The van der Waals surface area contributed by atoms with E-state index in [0.717, 1.165) is 6.07 Å². The number of aliphatic hydroxyl groups is 1. The third kappa shape index (κ3) is 3.33. The van der Waals surface area contributed by atoms with Gasteiger partial charge in [-0.25, -0.2) is 8.42 Å². The summed E-state index contributed by atoms with van der Waals surface area (Å²) >= 11 is 0. The molecule has 0 aliphatic heterocycles. The van der Waals surface area contributed by atoms with E-state index in [1.807, 2.05) is 0 Å². The van der Waals surface area contributed by atoms with Crippen LogP contribution in [0, 0.1) is 17.0 Å². The summed E-state index contributed by atoms with van der Waals surface area (Å²) in [6.45, 7) is 4.61. The lowest BCUT2D eigenvalue weighted by Gasteiger charge is -2.25. The number of nitrogens with zero attached hydrogens (tertiary/aromatic N) is 2. The zero-order valence-corrected chi connectivity index (χ0v) is 12.4. The van der Waals surface area contributed by atoms with Gasteiger partial charge in [0.15, 0.2) is 0 Å². The Bertz CT molecular complexity index is 598. The number of aryl methyl sites for hydroxylation is 1. The van der Waals surface area contributed by atoms with Crippen molar-refractivity contribution in [2.75, 3.05) is 13.2 Å². The summed E-state index contributed by atoms with van der Waals surface area (Å²) in [5, 5.41) is 19.7. The molecule has 0 aliphatic carbocycles. The Morgan fingerprint density at radius 3 is 2.40 bits per heavy atom. The number of sulfonamides is 1. The Kier molecular flexibility index (Phi) is 5.21. The number of rotatable bonds is 6. The molecule has 20 heavy (non-hydrogen) atoms. The van der Waals surface area contributed by atoms with Crippen LogP contribution in [0.2, 0.25) is 0 Å². The second kappa shape index (κ2) is 6.29. The van der Waals surface area contributed by atoms with Gasteiger partial charge in [0, 0.05) is 24.7 Å². The Morgan fingerprint density at radius 1 is 1.40 bits per heavy atom. The average molecular weight is 302 g/mol. The summed E-state index contributed by atoms with van der Waals surface area (Å²) in [5.41, 5.74) is 0.155. The summed E-state index contributed by atoms with van der Waals surface area (Å²) in [5.74, 6) is 0. The van der Waals surface area contributed by atoms with Crippen molar-refractivity contribution in [3.05, 3.63) is 33.9 Å². The molecule has 0 atom stereocenters. The maximum absolute atomic E-state index is 12.5. The smallest absolute Gasteiger partial charge is 0.269 e. The molecule has 0 aromatic heterocycles. The maximum atomic E-state index is 12.5. The molecule has 0 saturated carbocycles. The molecule has 0 radical (unpaired) electrons. The summed E-state index contributed by atoms with van der Waals surface area (Å²) < 4.78 is 26.2. The first kappa shape index (κ1) is 16.5. The van der Waals surface area contributed by atoms with Crippen LogP contribution >= 0.6 is 0 Å². The number of aliphatic hydroxyl groups excluding tert-OH is 1. The summed E-state index contributed by atoms with van der Waals surface area (Å²) in [6, 6.07) is 3.30. The highest BCUT2D eigenvalue weighted by Gasteiger charge is 2.28. The lowest BCUT2D eigenvalue weighted by atomic mass is 10.2. The molecule has 0 aliphatic rings. The van der Waals surface area contributed by atoms with E-state index >= 15 is 0 Å². The molecule has 8 heteroatoms. The van der Waals surface area contributed by atoms with Gasteiger partial charge >= 0.3 is 0 Å². The van der Waals surface area contributed by atoms with Crippen LogP contribution in [-0.2, 0) is 10.0 Å². The van der Waals surface area contributed by atoms with E-state index < -0.39 is 14.9 Å². The highest BCUT2D eigenvalue weighted by atomic mass is 32.2. The normalized spacial score (nSPS) is 12.1. The number of hydrogen-bond donors (Lipinski definition) is 1. The first-order chi connectivity index (χ1) is 9.21. The van der Waals surface area contributed by atoms with Gasteiger partial charge in [-0.15, -0.1) is 0 Å². The van der Waals surface area contributed by atoms with E-state index in [4.69, 9.17) is 5.11 Å². The topological polar surface area (TPSA) is 101 Å². The van der Waals surface area contributed by atoms with Gasteiger partial charge < -0.3 is 5.11 Å². The van der Waals surface area contributed by atoms with Gasteiger partial charge in [0.1, 0.15) is 0 Å².